The quantitative estimate of drug-likeness (QED) is 0.552. The minimum absolute atomic E-state index is 0.105. The monoisotopic (exact) mass is 453 g/mol. The van der Waals surface area contributed by atoms with Crippen molar-refractivity contribution < 1.29 is 13.2 Å². The van der Waals surface area contributed by atoms with Crippen LogP contribution in [-0.2, 0) is 10.0 Å². The maximum Gasteiger partial charge on any atom is 0.265 e. The van der Waals surface area contributed by atoms with Crippen LogP contribution in [0.5, 0.6) is 5.75 Å². The molecule has 1 fully saturated rings. The Labute approximate surface area is 188 Å². The highest BCUT2D eigenvalue weighted by molar-refractivity contribution is 7.92. The highest BCUT2D eigenvalue weighted by atomic mass is 32.2. The SMILES string of the molecule is COc1ccc(C)cc1S(=O)(=O)Nc1ccc(Nc2cc(N3CCCC3)nc(C)n2)cc1. The van der Waals surface area contributed by atoms with Crippen LogP contribution in [0.2, 0.25) is 0 Å². The molecule has 1 saturated heterocycles. The van der Waals surface area contributed by atoms with E-state index in [0.717, 1.165) is 30.2 Å². The minimum Gasteiger partial charge on any atom is -0.495 e. The van der Waals surface area contributed by atoms with Crippen LogP contribution >= 0.6 is 0 Å². The summed E-state index contributed by atoms with van der Waals surface area (Å²) < 4.78 is 33.6. The van der Waals surface area contributed by atoms with Crippen LogP contribution in [-0.4, -0.2) is 38.6 Å². The summed E-state index contributed by atoms with van der Waals surface area (Å²) in [5, 5.41) is 3.28. The van der Waals surface area contributed by atoms with Crippen LogP contribution in [0, 0.1) is 13.8 Å². The molecule has 0 spiro atoms. The number of hydrogen-bond acceptors (Lipinski definition) is 7. The van der Waals surface area contributed by atoms with Gasteiger partial charge in [0.2, 0.25) is 0 Å². The van der Waals surface area contributed by atoms with Gasteiger partial charge in [0.25, 0.3) is 10.0 Å². The fourth-order valence-electron chi connectivity index (χ4n) is 3.70. The van der Waals surface area contributed by atoms with Gasteiger partial charge in [0.1, 0.15) is 28.1 Å². The molecule has 2 N–H and O–H groups in total. The van der Waals surface area contributed by atoms with Crippen LogP contribution in [0.3, 0.4) is 0 Å². The number of anilines is 4. The van der Waals surface area contributed by atoms with Crippen molar-refractivity contribution in [2.24, 2.45) is 0 Å². The molecule has 9 heteroatoms. The Morgan fingerprint density at radius 1 is 0.938 bits per heavy atom. The molecule has 168 valence electrons. The highest BCUT2D eigenvalue weighted by Gasteiger charge is 2.20. The molecular weight excluding hydrogens is 426 g/mol. The molecule has 8 nitrogen and oxygen atoms in total. The first-order valence-electron chi connectivity index (χ1n) is 10.5. The molecule has 0 unspecified atom stereocenters. The third-order valence-electron chi connectivity index (χ3n) is 5.27. The van der Waals surface area contributed by atoms with Crippen molar-refractivity contribution in [3.8, 4) is 5.75 Å². The second-order valence-corrected chi connectivity index (χ2v) is 9.47. The molecule has 1 aromatic heterocycles. The number of aromatic nitrogens is 2. The summed E-state index contributed by atoms with van der Waals surface area (Å²) in [6.45, 7) is 5.73. The average Bonchev–Trinajstić information content (AvgIpc) is 3.30. The van der Waals surface area contributed by atoms with Gasteiger partial charge in [0, 0.05) is 30.5 Å². The predicted molar refractivity (Wildman–Crippen MR) is 126 cm³/mol. The van der Waals surface area contributed by atoms with Crippen molar-refractivity contribution in [2.45, 2.75) is 31.6 Å². The molecule has 0 atom stereocenters. The molecular formula is C23H27N5O3S. The standard InChI is InChI=1S/C23H27N5O3S/c1-16-6-11-20(31-3)21(14-16)32(29,30)27-19-9-7-18(8-10-19)26-22-15-23(25-17(2)24-22)28-12-4-5-13-28/h6-11,14-15,27H,4-5,12-13H2,1-3H3,(H,24,25,26). The van der Waals surface area contributed by atoms with E-state index in [1.807, 2.05) is 26.0 Å². The Morgan fingerprint density at radius 3 is 2.31 bits per heavy atom. The largest absolute Gasteiger partial charge is 0.495 e. The molecule has 1 aliphatic rings. The molecule has 0 radical (unpaired) electrons. The first-order chi connectivity index (χ1) is 15.3. The van der Waals surface area contributed by atoms with E-state index in [-0.39, 0.29) is 4.90 Å². The molecule has 0 aliphatic carbocycles. The van der Waals surface area contributed by atoms with Crippen LogP contribution < -0.4 is 19.7 Å². The summed E-state index contributed by atoms with van der Waals surface area (Å²) in [5.74, 6) is 2.63. The van der Waals surface area contributed by atoms with E-state index >= 15 is 0 Å². The summed E-state index contributed by atoms with van der Waals surface area (Å²) in [6, 6.07) is 14.0. The lowest BCUT2D eigenvalue weighted by atomic mass is 10.2. The molecule has 0 saturated carbocycles. The molecule has 4 rings (SSSR count). The van der Waals surface area contributed by atoms with Gasteiger partial charge in [0.15, 0.2) is 0 Å². The Balaban J connectivity index is 1.50. The van der Waals surface area contributed by atoms with Gasteiger partial charge in [-0.3, -0.25) is 4.72 Å². The third kappa shape index (κ3) is 4.94. The zero-order chi connectivity index (χ0) is 22.7. The summed E-state index contributed by atoms with van der Waals surface area (Å²) in [7, 11) is -2.34. The second kappa shape index (κ2) is 9.04. The summed E-state index contributed by atoms with van der Waals surface area (Å²) in [5.41, 5.74) is 2.08. The highest BCUT2D eigenvalue weighted by Crippen LogP contribution is 2.28. The predicted octanol–water partition coefficient (Wildman–Crippen LogP) is 4.25. The van der Waals surface area contributed by atoms with Gasteiger partial charge in [-0.15, -0.1) is 0 Å². The van der Waals surface area contributed by atoms with E-state index in [1.54, 1.807) is 36.4 Å². The third-order valence-corrected chi connectivity index (χ3v) is 6.68. The van der Waals surface area contributed by atoms with E-state index in [4.69, 9.17) is 4.74 Å². The van der Waals surface area contributed by atoms with Crippen LogP contribution in [0.15, 0.2) is 53.4 Å². The van der Waals surface area contributed by atoms with Gasteiger partial charge >= 0.3 is 0 Å². The van der Waals surface area contributed by atoms with Gasteiger partial charge < -0.3 is 15.0 Å². The maximum absolute atomic E-state index is 12.9. The van der Waals surface area contributed by atoms with Crippen molar-refractivity contribution in [1.29, 1.82) is 0 Å². The number of sulfonamides is 1. The number of methoxy groups -OCH3 is 1. The van der Waals surface area contributed by atoms with Gasteiger partial charge in [-0.05, 0) is 68.7 Å². The Bertz CT molecular complexity index is 1210. The molecule has 2 aromatic carbocycles. The first kappa shape index (κ1) is 21.9. The lowest BCUT2D eigenvalue weighted by molar-refractivity contribution is 0.402. The van der Waals surface area contributed by atoms with Crippen LogP contribution in [0.1, 0.15) is 24.2 Å². The van der Waals surface area contributed by atoms with Crippen molar-refractivity contribution in [3.63, 3.8) is 0 Å². The van der Waals surface area contributed by atoms with E-state index in [1.165, 1.54) is 20.0 Å². The van der Waals surface area contributed by atoms with Crippen molar-refractivity contribution in [2.75, 3.05) is 35.1 Å². The second-order valence-electron chi connectivity index (χ2n) is 7.81. The zero-order valence-corrected chi connectivity index (χ0v) is 19.2. The number of ether oxygens (including phenoxy) is 1. The summed E-state index contributed by atoms with van der Waals surface area (Å²) >= 11 is 0. The summed E-state index contributed by atoms with van der Waals surface area (Å²) in [4.78, 5) is 11.4. The first-order valence-corrected chi connectivity index (χ1v) is 12.0. The van der Waals surface area contributed by atoms with E-state index < -0.39 is 10.0 Å². The number of benzene rings is 2. The van der Waals surface area contributed by atoms with E-state index in [0.29, 0.717) is 23.1 Å². The summed E-state index contributed by atoms with van der Waals surface area (Å²) in [6.07, 6.45) is 2.36. The Kier molecular flexibility index (Phi) is 6.18. The number of aryl methyl sites for hydroxylation is 2. The number of hydrogen-bond donors (Lipinski definition) is 2. The molecule has 0 bridgehead atoms. The lowest BCUT2D eigenvalue weighted by Gasteiger charge is -2.18. The van der Waals surface area contributed by atoms with Gasteiger partial charge in [-0.2, -0.15) is 0 Å². The number of rotatable bonds is 7. The maximum atomic E-state index is 12.9. The lowest BCUT2D eigenvalue weighted by Crippen LogP contribution is -2.19. The van der Waals surface area contributed by atoms with Gasteiger partial charge in [-0.25, -0.2) is 18.4 Å². The van der Waals surface area contributed by atoms with E-state index in [9.17, 15) is 8.42 Å². The van der Waals surface area contributed by atoms with Crippen molar-refractivity contribution in [3.05, 3.63) is 59.9 Å². The minimum atomic E-state index is -3.79. The van der Waals surface area contributed by atoms with Crippen LogP contribution in [0.25, 0.3) is 0 Å². The molecule has 3 aromatic rings. The smallest absolute Gasteiger partial charge is 0.265 e. The van der Waals surface area contributed by atoms with E-state index in [2.05, 4.69) is 24.9 Å². The van der Waals surface area contributed by atoms with Crippen molar-refractivity contribution in [1.82, 2.24) is 9.97 Å². The molecule has 2 heterocycles. The molecule has 1 aliphatic heterocycles. The fraction of sp³-hybridized carbons (Fsp3) is 0.304. The van der Waals surface area contributed by atoms with Crippen LogP contribution in [0.4, 0.5) is 23.0 Å². The average molecular weight is 454 g/mol. The molecule has 32 heavy (non-hydrogen) atoms. The van der Waals surface area contributed by atoms with Crippen molar-refractivity contribution >= 4 is 33.0 Å². The Morgan fingerprint density at radius 2 is 1.62 bits per heavy atom. The zero-order valence-electron chi connectivity index (χ0n) is 18.4. The Hall–Kier alpha value is -3.33. The normalized spacial score (nSPS) is 13.8. The topological polar surface area (TPSA) is 96.5 Å². The fourth-order valence-corrected chi connectivity index (χ4v) is 5.01. The van der Waals surface area contributed by atoms with Gasteiger partial charge in [0.05, 0.1) is 7.11 Å². The number of nitrogens with one attached hydrogen (secondary N) is 2. The van der Waals surface area contributed by atoms with Gasteiger partial charge in [-0.1, -0.05) is 6.07 Å². The number of nitrogens with zero attached hydrogens (tertiary/aromatic N) is 3. The molecule has 0 amide bonds.